The molecule has 0 aliphatic rings. The first-order chi connectivity index (χ1) is 8.08. The van der Waals surface area contributed by atoms with Crippen molar-refractivity contribution in [3.05, 3.63) is 42.0 Å². The van der Waals surface area contributed by atoms with Crippen molar-refractivity contribution in [2.24, 2.45) is 0 Å². The average Bonchev–Trinajstić information content (AvgIpc) is 2.37. The van der Waals surface area contributed by atoms with Gasteiger partial charge in [0, 0.05) is 5.41 Å². The molecule has 0 N–H and O–H groups in total. The van der Waals surface area contributed by atoms with Crippen molar-refractivity contribution in [3.63, 3.8) is 0 Å². The molecule has 2 aromatic rings. The maximum absolute atomic E-state index is 11.2. The lowest BCUT2D eigenvalue weighted by Gasteiger charge is -2.20. The molecule has 0 fully saturated rings. The highest BCUT2D eigenvalue weighted by Gasteiger charge is 2.21. The lowest BCUT2D eigenvalue weighted by atomic mass is 9.83. The Hall–Kier alpha value is -1.83. The van der Waals surface area contributed by atoms with Gasteiger partial charge in [-0.3, -0.25) is 0 Å². The van der Waals surface area contributed by atoms with E-state index in [2.05, 4.69) is 0 Å². The van der Waals surface area contributed by atoms with E-state index in [0.717, 1.165) is 28.4 Å². The van der Waals surface area contributed by atoms with Crippen LogP contribution in [0.2, 0.25) is 0 Å². The van der Waals surface area contributed by atoms with Gasteiger partial charge in [-0.15, -0.1) is 0 Å². The van der Waals surface area contributed by atoms with Crippen LogP contribution < -0.4 is 4.74 Å². The summed E-state index contributed by atoms with van der Waals surface area (Å²) in [6.45, 7) is 3.85. The largest absolute Gasteiger partial charge is 0.497 e. The van der Waals surface area contributed by atoms with E-state index in [0.29, 0.717) is 0 Å². The smallest absolute Gasteiger partial charge is 0.129 e. The molecule has 0 atom stereocenters. The molecule has 0 heterocycles. The first kappa shape index (κ1) is 11.6. The Morgan fingerprint density at radius 3 is 2.59 bits per heavy atom. The van der Waals surface area contributed by atoms with Crippen molar-refractivity contribution >= 4 is 17.1 Å². The lowest BCUT2D eigenvalue weighted by Crippen LogP contribution is -2.18. The Balaban J connectivity index is 2.75. The summed E-state index contributed by atoms with van der Waals surface area (Å²) >= 11 is 0. The van der Waals surface area contributed by atoms with Gasteiger partial charge in [-0.2, -0.15) is 0 Å². The molecular weight excluding hydrogens is 212 g/mol. The first-order valence-electron chi connectivity index (χ1n) is 5.62. The molecule has 0 saturated heterocycles. The molecule has 2 rings (SSSR count). The van der Waals surface area contributed by atoms with Gasteiger partial charge in [0.2, 0.25) is 0 Å². The third-order valence-electron chi connectivity index (χ3n) is 3.08. The average molecular weight is 228 g/mol. The molecule has 0 saturated carbocycles. The van der Waals surface area contributed by atoms with E-state index in [1.807, 2.05) is 50.2 Å². The fourth-order valence-electron chi connectivity index (χ4n) is 2.00. The number of ether oxygens (including phenoxy) is 1. The molecule has 0 aliphatic heterocycles. The van der Waals surface area contributed by atoms with Crippen molar-refractivity contribution in [1.82, 2.24) is 0 Å². The van der Waals surface area contributed by atoms with Crippen LogP contribution in [0, 0.1) is 0 Å². The van der Waals surface area contributed by atoms with Crippen molar-refractivity contribution < 1.29 is 9.53 Å². The number of carbonyl (C=O) groups is 1. The van der Waals surface area contributed by atoms with Crippen LogP contribution in [0.25, 0.3) is 10.8 Å². The van der Waals surface area contributed by atoms with Gasteiger partial charge in [-0.1, -0.05) is 24.3 Å². The zero-order valence-electron chi connectivity index (χ0n) is 10.4. The van der Waals surface area contributed by atoms with Crippen LogP contribution in [0.5, 0.6) is 5.75 Å². The minimum atomic E-state index is -0.480. The monoisotopic (exact) mass is 228 g/mol. The maximum atomic E-state index is 11.2. The molecule has 0 aromatic heterocycles. The maximum Gasteiger partial charge on any atom is 0.129 e. The van der Waals surface area contributed by atoms with Gasteiger partial charge in [0.15, 0.2) is 0 Å². The summed E-state index contributed by atoms with van der Waals surface area (Å²) in [5.41, 5.74) is 0.551. The molecule has 2 aromatic carbocycles. The zero-order chi connectivity index (χ0) is 12.5. The van der Waals surface area contributed by atoms with Crippen molar-refractivity contribution in [2.75, 3.05) is 7.11 Å². The third kappa shape index (κ3) is 2.03. The summed E-state index contributed by atoms with van der Waals surface area (Å²) < 4.78 is 5.24. The van der Waals surface area contributed by atoms with Crippen LogP contribution in [0.15, 0.2) is 36.4 Å². The van der Waals surface area contributed by atoms with E-state index >= 15 is 0 Å². The quantitative estimate of drug-likeness (QED) is 0.753. The second kappa shape index (κ2) is 4.21. The van der Waals surface area contributed by atoms with Gasteiger partial charge in [0.05, 0.1) is 7.11 Å². The van der Waals surface area contributed by atoms with E-state index in [-0.39, 0.29) is 0 Å². The molecule has 17 heavy (non-hydrogen) atoms. The molecule has 0 spiro atoms. The van der Waals surface area contributed by atoms with Crippen molar-refractivity contribution in [1.29, 1.82) is 0 Å². The Labute approximate surface area is 101 Å². The van der Waals surface area contributed by atoms with E-state index in [4.69, 9.17) is 4.74 Å². The molecule has 2 nitrogen and oxygen atoms in total. The standard InChI is InChI=1S/C15H16O2/c1-15(2,10-16)14-6-4-5-11-7-8-12(17-3)9-13(11)14/h4-10H,1-3H3. The van der Waals surface area contributed by atoms with E-state index in [1.54, 1.807) is 7.11 Å². The Bertz CT molecular complexity index is 556. The summed E-state index contributed by atoms with van der Waals surface area (Å²) in [7, 11) is 1.65. The highest BCUT2D eigenvalue weighted by molar-refractivity contribution is 5.90. The molecule has 0 aliphatic carbocycles. The molecule has 88 valence electrons. The van der Waals surface area contributed by atoms with Crippen LogP contribution in [0.1, 0.15) is 19.4 Å². The SMILES string of the molecule is COc1ccc2cccc(C(C)(C)C=O)c2c1. The fraction of sp³-hybridized carbons (Fsp3) is 0.267. The van der Waals surface area contributed by atoms with Gasteiger partial charge < -0.3 is 9.53 Å². The number of rotatable bonds is 3. The highest BCUT2D eigenvalue weighted by Crippen LogP contribution is 2.31. The number of methoxy groups -OCH3 is 1. The first-order valence-corrected chi connectivity index (χ1v) is 5.62. The van der Waals surface area contributed by atoms with Gasteiger partial charge in [-0.25, -0.2) is 0 Å². The van der Waals surface area contributed by atoms with E-state index in [1.165, 1.54) is 0 Å². The molecule has 0 amide bonds. The van der Waals surface area contributed by atoms with Gasteiger partial charge in [0.25, 0.3) is 0 Å². The zero-order valence-corrected chi connectivity index (χ0v) is 10.4. The summed E-state index contributed by atoms with van der Waals surface area (Å²) in [5.74, 6) is 0.812. The van der Waals surface area contributed by atoms with Crippen molar-refractivity contribution in [3.8, 4) is 5.75 Å². The van der Waals surface area contributed by atoms with Gasteiger partial charge in [-0.05, 0) is 42.3 Å². The summed E-state index contributed by atoms with van der Waals surface area (Å²) in [6.07, 6.45) is 0.987. The fourth-order valence-corrected chi connectivity index (χ4v) is 2.00. The van der Waals surface area contributed by atoms with Crippen molar-refractivity contribution in [2.45, 2.75) is 19.3 Å². The highest BCUT2D eigenvalue weighted by atomic mass is 16.5. The number of carbonyl (C=O) groups excluding carboxylic acids is 1. The Morgan fingerprint density at radius 1 is 1.18 bits per heavy atom. The summed E-state index contributed by atoms with van der Waals surface area (Å²) in [4.78, 5) is 11.2. The number of aldehydes is 1. The predicted molar refractivity (Wildman–Crippen MR) is 69.6 cm³/mol. The van der Waals surface area contributed by atoms with Crippen LogP contribution in [0.3, 0.4) is 0 Å². The molecule has 0 radical (unpaired) electrons. The number of fused-ring (bicyclic) bond motifs is 1. The molecule has 2 heteroatoms. The van der Waals surface area contributed by atoms with Crippen LogP contribution in [0.4, 0.5) is 0 Å². The normalized spacial score (nSPS) is 11.5. The summed E-state index contributed by atoms with van der Waals surface area (Å²) in [5, 5.41) is 2.20. The van der Waals surface area contributed by atoms with Gasteiger partial charge >= 0.3 is 0 Å². The summed E-state index contributed by atoms with van der Waals surface area (Å²) in [6, 6.07) is 11.9. The van der Waals surface area contributed by atoms with E-state index < -0.39 is 5.41 Å². The minimum absolute atomic E-state index is 0.480. The predicted octanol–water partition coefficient (Wildman–Crippen LogP) is 3.32. The van der Waals surface area contributed by atoms with Crippen LogP contribution in [-0.2, 0) is 10.2 Å². The lowest BCUT2D eigenvalue weighted by molar-refractivity contribution is -0.111. The number of benzene rings is 2. The topological polar surface area (TPSA) is 26.3 Å². The third-order valence-corrected chi connectivity index (χ3v) is 3.08. The molecule has 0 bridgehead atoms. The Morgan fingerprint density at radius 2 is 1.94 bits per heavy atom. The van der Waals surface area contributed by atoms with Crippen LogP contribution in [-0.4, -0.2) is 13.4 Å². The molecule has 0 unspecified atom stereocenters. The molecular formula is C15H16O2. The second-order valence-electron chi connectivity index (χ2n) is 4.73. The minimum Gasteiger partial charge on any atom is -0.497 e. The van der Waals surface area contributed by atoms with Crippen LogP contribution >= 0.6 is 0 Å². The van der Waals surface area contributed by atoms with Gasteiger partial charge in [0.1, 0.15) is 12.0 Å². The van der Waals surface area contributed by atoms with E-state index in [9.17, 15) is 4.79 Å². The Kier molecular flexibility index (Phi) is 2.88. The number of hydrogen-bond acceptors (Lipinski definition) is 2. The second-order valence-corrected chi connectivity index (χ2v) is 4.73. The number of hydrogen-bond donors (Lipinski definition) is 0.